The number of rotatable bonds is 3. The fourth-order valence-corrected chi connectivity index (χ4v) is 3.34. The molecule has 1 heterocycles. The van der Waals surface area contributed by atoms with Crippen LogP contribution in [-0.4, -0.2) is 32.8 Å². The normalized spacial score (nSPS) is 23.0. The number of nitrogen functional groups attached to an aromatic ring is 1. The summed E-state index contributed by atoms with van der Waals surface area (Å²) in [6.45, 7) is 0. The summed E-state index contributed by atoms with van der Waals surface area (Å²) in [5.74, 6) is -0.598. The van der Waals surface area contributed by atoms with Crippen LogP contribution in [0.3, 0.4) is 0 Å². The highest BCUT2D eigenvalue weighted by atomic mass is 32.2. The van der Waals surface area contributed by atoms with Crippen LogP contribution in [0.25, 0.3) is 0 Å². The molecule has 0 bridgehead atoms. The molecule has 0 saturated carbocycles. The first-order valence-corrected chi connectivity index (χ1v) is 7.40. The summed E-state index contributed by atoms with van der Waals surface area (Å²) >= 11 is 0. The first kappa shape index (κ1) is 13.8. The summed E-state index contributed by atoms with van der Waals surface area (Å²) in [5.41, 5.74) is 5.36. The number of carboxylic acids is 1. The lowest BCUT2D eigenvalue weighted by Gasteiger charge is -2.24. The molecule has 0 atom stereocenters. The molecule has 2 rings (SSSR count). The third-order valence-corrected chi connectivity index (χ3v) is 4.50. The van der Waals surface area contributed by atoms with Crippen molar-refractivity contribution < 1.29 is 18.5 Å². The lowest BCUT2D eigenvalue weighted by Crippen LogP contribution is -2.29. The van der Waals surface area contributed by atoms with E-state index < -0.39 is 22.6 Å². The summed E-state index contributed by atoms with van der Waals surface area (Å²) < 4.78 is 25.0. The van der Waals surface area contributed by atoms with Crippen LogP contribution >= 0.6 is 0 Å². The molecule has 0 amide bonds. The maximum atomic E-state index is 13.7. The van der Waals surface area contributed by atoms with Gasteiger partial charge in [-0.1, -0.05) is 0 Å². The van der Waals surface area contributed by atoms with E-state index in [0.29, 0.717) is 24.3 Å². The van der Waals surface area contributed by atoms with E-state index in [1.807, 2.05) is 0 Å². The molecular weight excluding hydrogens is 271 g/mol. The Hall–Kier alpha value is -1.63. The van der Waals surface area contributed by atoms with Gasteiger partial charge >= 0.3 is 5.97 Å². The minimum Gasteiger partial charge on any atom is -0.478 e. The fraction of sp³-hybridized carbons (Fsp3) is 0.417. The van der Waals surface area contributed by atoms with Crippen molar-refractivity contribution >= 4 is 28.1 Å². The van der Waals surface area contributed by atoms with Gasteiger partial charge in [-0.15, -0.1) is 0 Å². The molecule has 1 aliphatic heterocycles. The number of nitrogens with two attached hydrogens (primary N) is 1. The van der Waals surface area contributed by atoms with Crippen LogP contribution in [0.2, 0.25) is 0 Å². The molecule has 0 radical (unpaired) electrons. The van der Waals surface area contributed by atoms with Gasteiger partial charge in [0.15, 0.2) is 0 Å². The van der Waals surface area contributed by atoms with E-state index in [1.165, 1.54) is 6.07 Å². The topological polar surface area (TPSA) is 92.4 Å². The van der Waals surface area contributed by atoms with E-state index in [-0.39, 0.29) is 23.0 Å². The Morgan fingerprint density at radius 3 is 2.63 bits per heavy atom. The number of halogens is 1. The van der Waals surface area contributed by atoms with Gasteiger partial charge in [0.05, 0.1) is 11.3 Å². The van der Waals surface area contributed by atoms with Gasteiger partial charge in [-0.05, 0) is 25.0 Å². The number of carboxylic acid groups (broad SMARTS) is 1. The Kier molecular flexibility index (Phi) is 4.04. The maximum absolute atomic E-state index is 13.7. The van der Waals surface area contributed by atoms with Gasteiger partial charge in [0.1, 0.15) is 5.82 Å². The average molecular weight is 286 g/mol. The molecule has 0 aliphatic carbocycles. The van der Waals surface area contributed by atoms with Crippen molar-refractivity contribution in [1.82, 2.24) is 0 Å². The predicted molar refractivity (Wildman–Crippen MR) is 72.3 cm³/mol. The van der Waals surface area contributed by atoms with E-state index in [0.717, 1.165) is 6.07 Å². The molecule has 5 nitrogen and oxygen atoms in total. The van der Waals surface area contributed by atoms with E-state index >= 15 is 0 Å². The Bertz CT molecular complexity index is 526. The van der Waals surface area contributed by atoms with Crippen molar-refractivity contribution in [2.45, 2.75) is 18.9 Å². The van der Waals surface area contributed by atoms with E-state index in [4.69, 9.17) is 10.8 Å². The van der Waals surface area contributed by atoms with Crippen molar-refractivity contribution in [3.05, 3.63) is 23.5 Å². The maximum Gasteiger partial charge on any atom is 0.337 e. The number of anilines is 2. The second-order valence-corrected chi connectivity index (χ2v) is 6.19. The van der Waals surface area contributed by atoms with E-state index in [9.17, 15) is 13.4 Å². The van der Waals surface area contributed by atoms with Gasteiger partial charge in [-0.2, -0.15) is 0 Å². The molecule has 0 unspecified atom stereocenters. The third kappa shape index (κ3) is 3.23. The van der Waals surface area contributed by atoms with Gasteiger partial charge in [0.25, 0.3) is 0 Å². The average Bonchev–Trinajstić information content (AvgIpc) is 2.34. The number of carbonyl (C=O) groups is 1. The quantitative estimate of drug-likeness (QED) is 0.731. The van der Waals surface area contributed by atoms with Crippen LogP contribution in [0.15, 0.2) is 12.1 Å². The van der Waals surface area contributed by atoms with Crippen LogP contribution in [0.5, 0.6) is 0 Å². The van der Waals surface area contributed by atoms with Gasteiger partial charge in [-0.25, -0.2) is 9.18 Å². The lowest BCUT2D eigenvalue weighted by molar-refractivity contribution is 0.0698. The SMILES string of the molecule is Nc1cc(F)c(NC2CCS(=O)CC2)cc1C(=O)O. The highest BCUT2D eigenvalue weighted by Crippen LogP contribution is 2.24. The zero-order valence-electron chi connectivity index (χ0n) is 10.2. The van der Waals surface area contributed by atoms with E-state index in [1.54, 1.807) is 0 Å². The van der Waals surface area contributed by atoms with E-state index in [2.05, 4.69) is 5.32 Å². The van der Waals surface area contributed by atoms with Gasteiger partial charge in [0, 0.05) is 34.0 Å². The fourth-order valence-electron chi connectivity index (χ4n) is 2.04. The molecule has 1 aromatic carbocycles. The molecule has 4 N–H and O–H groups in total. The number of benzene rings is 1. The lowest BCUT2D eigenvalue weighted by atomic mass is 10.1. The number of hydrogen-bond acceptors (Lipinski definition) is 4. The predicted octanol–water partition coefficient (Wildman–Crippen LogP) is 1.43. The molecule has 104 valence electrons. The number of nitrogens with one attached hydrogen (secondary N) is 1. The first-order valence-electron chi connectivity index (χ1n) is 5.91. The van der Waals surface area contributed by atoms with Crippen LogP contribution in [0, 0.1) is 5.82 Å². The first-order chi connectivity index (χ1) is 8.97. The van der Waals surface area contributed by atoms with Crippen LogP contribution in [0.1, 0.15) is 23.2 Å². The third-order valence-electron chi connectivity index (χ3n) is 3.12. The number of aromatic carboxylic acids is 1. The summed E-state index contributed by atoms with van der Waals surface area (Å²) in [7, 11) is -0.787. The number of hydrogen-bond donors (Lipinski definition) is 3. The molecule has 1 aliphatic rings. The Morgan fingerprint density at radius 1 is 1.42 bits per heavy atom. The molecule has 1 saturated heterocycles. The van der Waals surface area contributed by atoms with Gasteiger partial charge in [-0.3, -0.25) is 4.21 Å². The van der Waals surface area contributed by atoms with Crippen molar-refractivity contribution in [2.24, 2.45) is 0 Å². The van der Waals surface area contributed by atoms with Crippen LogP contribution in [0.4, 0.5) is 15.8 Å². The summed E-state index contributed by atoms with van der Waals surface area (Å²) in [4.78, 5) is 11.0. The molecule has 1 fully saturated rings. The minimum atomic E-state index is -1.19. The smallest absolute Gasteiger partial charge is 0.337 e. The Balaban J connectivity index is 2.18. The van der Waals surface area contributed by atoms with Crippen molar-refractivity contribution in [3.63, 3.8) is 0 Å². The van der Waals surface area contributed by atoms with Crippen molar-refractivity contribution in [1.29, 1.82) is 0 Å². The van der Waals surface area contributed by atoms with Crippen molar-refractivity contribution in [2.75, 3.05) is 22.6 Å². The monoisotopic (exact) mass is 286 g/mol. The zero-order chi connectivity index (χ0) is 14.0. The molecule has 0 spiro atoms. The summed E-state index contributed by atoms with van der Waals surface area (Å²) in [6.07, 6.45) is 1.36. The largest absolute Gasteiger partial charge is 0.478 e. The van der Waals surface area contributed by atoms with Crippen molar-refractivity contribution in [3.8, 4) is 0 Å². The van der Waals surface area contributed by atoms with Crippen LogP contribution < -0.4 is 11.1 Å². The summed E-state index contributed by atoms with van der Waals surface area (Å²) in [6, 6.07) is 2.23. The standard InChI is InChI=1S/C12H15FN2O3S/c13-9-6-10(14)8(12(16)17)5-11(9)15-7-1-3-19(18)4-2-7/h5-7,15H,1-4,14H2,(H,16,17). The molecule has 1 aromatic rings. The zero-order valence-corrected chi connectivity index (χ0v) is 11.0. The van der Waals surface area contributed by atoms with Gasteiger partial charge in [0.2, 0.25) is 0 Å². The Morgan fingerprint density at radius 2 is 2.05 bits per heavy atom. The molecule has 0 aromatic heterocycles. The Labute approximate surface area is 112 Å². The van der Waals surface area contributed by atoms with Crippen LogP contribution in [-0.2, 0) is 10.8 Å². The molecule has 19 heavy (non-hydrogen) atoms. The second kappa shape index (κ2) is 5.56. The molecular formula is C12H15FN2O3S. The minimum absolute atomic E-state index is 0.0115. The summed E-state index contributed by atoms with van der Waals surface area (Å²) in [5, 5.41) is 11.9. The molecule has 7 heteroatoms. The highest BCUT2D eigenvalue weighted by molar-refractivity contribution is 7.85. The van der Waals surface area contributed by atoms with Gasteiger partial charge < -0.3 is 16.2 Å². The highest BCUT2D eigenvalue weighted by Gasteiger charge is 2.20. The second-order valence-electron chi connectivity index (χ2n) is 4.49.